The number of halogens is 1. The third-order valence-corrected chi connectivity index (χ3v) is 4.87. The summed E-state index contributed by atoms with van der Waals surface area (Å²) in [5, 5.41) is 6.43. The van der Waals surface area contributed by atoms with E-state index in [0.717, 1.165) is 26.6 Å². The van der Waals surface area contributed by atoms with Crippen LogP contribution in [0.4, 0.5) is 5.69 Å². The van der Waals surface area contributed by atoms with Crippen LogP contribution in [0.15, 0.2) is 52.4 Å². The van der Waals surface area contributed by atoms with Crippen LogP contribution in [-0.4, -0.2) is 9.97 Å². The quantitative estimate of drug-likeness (QED) is 0.720. The van der Waals surface area contributed by atoms with Gasteiger partial charge in [-0.05, 0) is 42.8 Å². The number of aryl methyl sites for hydroxylation is 1. The van der Waals surface area contributed by atoms with Crippen LogP contribution >= 0.6 is 27.3 Å². The molecule has 0 atom stereocenters. The summed E-state index contributed by atoms with van der Waals surface area (Å²) in [5.41, 5.74) is 4.27. The lowest BCUT2D eigenvalue weighted by atomic mass is 10.2. The summed E-state index contributed by atoms with van der Waals surface area (Å²) in [6, 6.07) is 12.1. The smallest absolute Gasteiger partial charge is 0.142 e. The first-order valence-corrected chi connectivity index (χ1v) is 8.25. The first kappa shape index (κ1) is 14.2. The van der Waals surface area contributed by atoms with Crippen LogP contribution in [0.3, 0.4) is 0 Å². The minimum absolute atomic E-state index is 0.713. The van der Waals surface area contributed by atoms with Crippen LogP contribution in [0.2, 0.25) is 0 Å². The highest BCUT2D eigenvalue weighted by Crippen LogP contribution is 2.23. The molecule has 0 spiro atoms. The zero-order valence-corrected chi connectivity index (χ0v) is 13.9. The van der Waals surface area contributed by atoms with Gasteiger partial charge < -0.3 is 5.32 Å². The van der Waals surface area contributed by atoms with E-state index in [1.54, 1.807) is 17.5 Å². The highest BCUT2D eigenvalue weighted by molar-refractivity contribution is 9.10. The third kappa shape index (κ3) is 3.49. The summed E-state index contributed by atoms with van der Waals surface area (Å²) in [7, 11) is 0. The second-order valence-electron chi connectivity index (χ2n) is 4.68. The average Bonchev–Trinajstić information content (AvgIpc) is 2.98. The fourth-order valence-electron chi connectivity index (χ4n) is 1.94. The fraction of sp³-hybridized carbons (Fsp3) is 0.125. The van der Waals surface area contributed by atoms with Crippen LogP contribution < -0.4 is 5.32 Å². The second-order valence-corrected chi connectivity index (χ2v) is 6.39. The van der Waals surface area contributed by atoms with Gasteiger partial charge in [0.2, 0.25) is 0 Å². The lowest BCUT2D eigenvalue weighted by Gasteiger charge is -2.06. The van der Waals surface area contributed by atoms with Crippen LogP contribution in [0, 0.1) is 6.92 Å². The number of hydrogen-bond acceptors (Lipinski definition) is 4. The summed E-state index contributed by atoms with van der Waals surface area (Å²) in [6.45, 7) is 2.79. The molecule has 1 N–H and O–H groups in total. The van der Waals surface area contributed by atoms with E-state index < -0.39 is 0 Å². The van der Waals surface area contributed by atoms with E-state index in [4.69, 9.17) is 0 Å². The van der Waals surface area contributed by atoms with Crippen LogP contribution in [0.25, 0.3) is 10.7 Å². The SMILES string of the molecule is Cc1cc(NCc2csc(-c3ccccn3)n2)ccc1Br. The van der Waals surface area contributed by atoms with Gasteiger partial charge in [-0.3, -0.25) is 4.98 Å². The summed E-state index contributed by atoms with van der Waals surface area (Å²) in [6.07, 6.45) is 1.79. The van der Waals surface area contributed by atoms with Crippen molar-refractivity contribution in [1.29, 1.82) is 0 Å². The molecule has 106 valence electrons. The van der Waals surface area contributed by atoms with E-state index in [1.165, 1.54) is 5.56 Å². The van der Waals surface area contributed by atoms with Gasteiger partial charge in [0.1, 0.15) is 5.01 Å². The second kappa shape index (κ2) is 6.37. The van der Waals surface area contributed by atoms with Crippen LogP contribution in [0.1, 0.15) is 11.3 Å². The van der Waals surface area contributed by atoms with Gasteiger partial charge in [-0.1, -0.05) is 22.0 Å². The minimum Gasteiger partial charge on any atom is -0.379 e. The fourth-order valence-corrected chi connectivity index (χ4v) is 2.98. The van der Waals surface area contributed by atoms with E-state index in [-0.39, 0.29) is 0 Å². The Morgan fingerprint density at radius 3 is 2.90 bits per heavy atom. The Hall–Kier alpha value is -1.72. The monoisotopic (exact) mass is 359 g/mol. The molecule has 3 rings (SSSR count). The lowest BCUT2D eigenvalue weighted by Crippen LogP contribution is -2.00. The van der Waals surface area contributed by atoms with Crippen molar-refractivity contribution in [2.45, 2.75) is 13.5 Å². The maximum atomic E-state index is 4.62. The molecule has 2 aromatic heterocycles. The van der Waals surface area contributed by atoms with Crippen molar-refractivity contribution in [3.8, 4) is 10.7 Å². The maximum Gasteiger partial charge on any atom is 0.142 e. The molecule has 5 heteroatoms. The highest BCUT2D eigenvalue weighted by Gasteiger charge is 2.05. The largest absolute Gasteiger partial charge is 0.379 e. The van der Waals surface area contributed by atoms with Crippen molar-refractivity contribution in [2.75, 3.05) is 5.32 Å². The van der Waals surface area contributed by atoms with Crippen molar-refractivity contribution in [2.24, 2.45) is 0 Å². The van der Waals surface area contributed by atoms with Gasteiger partial charge in [-0.2, -0.15) is 0 Å². The summed E-state index contributed by atoms with van der Waals surface area (Å²) in [4.78, 5) is 8.94. The van der Waals surface area contributed by atoms with Gasteiger partial charge in [-0.15, -0.1) is 11.3 Å². The maximum absolute atomic E-state index is 4.62. The Morgan fingerprint density at radius 2 is 2.14 bits per heavy atom. The Labute approximate surface area is 136 Å². The molecule has 1 aromatic carbocycles. The highest BCUT2D eigenvalue weighted by atomic mass is 79.9. The Bertz CT molecular complexity index is 740. The molecule has 3 aromatic rings. The molecule has 0 unspecified atom stereocenters. The standard InChI is InChI=1S/C16H14BrN3S/c1-11-8-12(5-6-14(11)17)19-9-13-10-21-16(20-13)15-4-2-3-7-18-15/h2-8,10,19H,9H2,1H3. The molecule has 0 amide bonds. The molecule has 2 heterocycles. The Morgan fingerprint density at radius 1 is 1.24 bits per heavy atom. The van der Waals surface area contributed by atoms with Gasteiger partial charge in [0.15, 0.2) is 0 Å². The molecule has 21 heavy (non-hydrogen) atoms. The topological polar surface area (TPSA) is 37.8 Å². The van der Waals surface area contributed by atoms with Crippen molar-refractivity contribution in [1.82, 2.24) is 9.97 Å². The summed E-state index contributed by atoms with van der Waals surface area (Å²) in [5.74, 6) is 0. The number of anilines is 1. The Kier molecular flexibility index (Phi) is 4.31. The van der Waals surface area contributed by atoms with Gasteiger partial charge in [0, 0.05) is 21.7 Å². The minimum atomic E-state index is 0.713. The molecular weight excluding hydrogens is 346 g/mol. The molecule has 0 fully saturated rings. The summed E-state index contributed by atoms with van der Waals surface area (Å²) >= 11 is 5.13. The zero-order chi connectivity index (χ0) is 14.7. The lowest BCUT2D eigenvalue weighted by molar-refractivity contribution is 1.07. The molecule has 3 nitrogen and oxygen atoms in total. The number of hydrogen-bond donors (Lipinski definition) is 1. The number of nitrogens with one attached hydrogen (secondary N) is 1. The number of rotatable bonds is 4. The van der Waals surface area contributed by atoms with E-state index in [0.29, 0.717) is 6.54 Å². The zero-order valence-electron chi connectivity index (χ0n) is 11.5. The third-order valence-electron chi connectivity index (χ3n) is 3.07. The van der Waals surface area contributed by atoms with Crippen molar-refractivity contribution in [3.63, 3.8) is 0 Å². The normalized spacial score (nSPS) is 10.6. The van der Waals surface area contributed by atoms with Crippen LogP contribution in [0.5, 0.6) is 0 Å². The molecule has 0 aliphatic carbocycles. The molecule has 0 aliphatic heterocycles. The summed E-state index contributed by atoms with van der Waals surface area (Å²) < 4.78 is 1.12. The molecule has 0 aliphatic rings. The number of aromatic nitrogens is 2. The van der Waals surface area contributed by atoms with E-state index in [9.17, 15) is 0 Å². The van der Waals surface area contributed by atoms with E-state index in [1.807, 2.05) is 18.2 Å². The predicted molar refractivity (Wildman–Crippen MR) is 91.6 cm³/mol. The van der Waals surface area contributed by atoms with Gasteiger partial charge in [-0.25, -0.2) is 4.98 Å². The molecule has 0 radical (unpaired) electrons. The number of thiazole rings is 1. The van der Waals surface area contributed by atoms with Gasteiger partial charge >= 0.3 is 0 Å². The van der Waals surface area contributed by atoms with Crippen molar-refractivity contribution in [3.05, 3.63) is 63.7 Å². The predicted octanol–water partition coefficient (Wildman–Crippen LogP) is 4.89. The first-order valence-electron chi connectivity index (χ1n) is 6.58. The van der Waals surface area contributed by atoms with E-state index >= 15 is 0 Å². The molecule has 0 saturated heterocycles. The Balaban J connectivity index is 1.69. The molecule has 0 bridgehead atoms. The first-order chi connectivity index (χ1) is 10.2. The van der Waals surface area contributed by atoms with E-state index in [2.05, 4.69) is 61.7 Å². The van der Waals surface area contributed by atoms with Crippen LogP contribution in [-0.2, 0) is 6.54 Å². The number of pyridine rings is 1. The van der Waals surface area contributed by atoms with Crippen molar-refractivity contribution >= 4 is 33.0 Å². The number of nitrogens with zero attached hydrogens (tertiary/aromatic N) is 2. The number of benzene rings is 1. The van der Waals surface area contributed by atoms with Crippen molar-refractivity contribution < 1.29 is 0 Å². The molecule has 0 saturated carbocycles. The van der Waals surface area contributed by atoms with Gasteiger partial charge in [0.05, 0.1) is 17.9 Å². The molecular formula is C16H14BrN3S. The average molecular weight is 360 g/mol. The van der Waals surface area contributed by atoms with Gasteiger partial charge in [0.25, 0.3) is 0 Å².